The van der Waals surface area contributed by atoms with E-state index in [1.54, 1.807) is 6.07 Å². The fourth-order valence-electron chi connectivity index (χ4n) is 1.77. The van der Waals surface area contributed by atoms with Crippen molar-refractivity contribution in [3.05, 3.63) is 23.8 Å². The van der Waals surface area contributed by atoms with Gasteiger partial charge in [0.1, 0.15) is 0 Å². The van der Waals surface area contributed by atoms with E-state index in [0.29, 0.717) is 12.1 Å². The second kappa shape index (κ2) is 7.39. The maximum atomic E-state index is 11.8. The van der Waals surface area contributed by atoms with Gasteiger partial charge in [0.2, 0.25) is 5.91 Å². The number of carbonyl (C=O) groups excluding carboxylic acids is 1. The van der Waals surface area contributed by atoms with Gasteiger partial charge in [-0.1, -0.05) is 26.8 Å². The number of carbonyl (C=O) groups is 1. The summed E-state index contributed by atoms with van der Waals surface area (Å²) in [4.78, 5) is 11.8. The van der Waals surface area contributed by atoms with Gasteiger partial charge in [0.05, 0.1) is 0 Å². The van der Waals surface area contributed by atoms with Gasteiger partial charge in [0.25, 0.3) is 0 Å². The predicted octanol–water partition coefficient (Wildman–Crippen LogP) is 4.15. The van der Waals surface area contributed by atoms with E-state index in [4.69, 9.17) is 5.73 Å². The Morgan fingerprint density at radius 2 is 1.95 bits per heavy atom. The Morgan fingerprint density at radius 3 is 2.53 bits per heavy atom. The second-order valence-corrected chi connectivity index (χ2v) is 6.04. The van der Waals surface area contributed by atoms with Crippen LogP contribution >= 0.6 is 12.4 Å². The van der Waals surface area contributed by atoms with Crippen LogP contribution in [0.4, 0.5) is 11.4 Å². The minimum absolute atomic E-state index is 0. The van der Waals surface area contributed by atoms with Crippen molar-refractivity contribution in [1.82, 2.24) is 0 Å². The lowest BCUT2D eigenvalue weighted by atomic mass is 9.90. The maximum Gasteiger partial charge on any atom is 0.224 e. The van der Waals surface area contributed by atoms with Crippen LogP contribution in [0.15, 0.2) is 18.2 Å². The Labute approximate surface area is 122 Å². The molecule has 0 heterocycles. The largest absolute Gasteiger partial charge is 0.399 e. The van der Waals surface area contributed by atoms with Crippen LogP contribution in [0.1, 0.15) is 45.6 Å². The molecule has 0 aliphatic rings. The zero-order valence-corrected chi connectivity index (χ0v) is 13.1. The van der Waals surface area contributed by atoms with Gasteiger partial charge in [-0.2, -0.15) is 0 Å². The van der Waals surface area contributed by atoms with E-state index in [1.807, 2.05) is 19.1 Å². The van der Waals surface area contributed by atoms with E-state index in [1.165, 1.54) is 0 Å². The SMILES string of the molecule is Cc1ccc(N)cc1NC(=O)CCCC(C)(C)C.Cl. The molecule has 0 radical (unpaired) electrons. The van der Waals surface area contributed by atoms with Crippen LogP contribution in [0.2, 0.25) is 0 Å². The zero-order chi connectivity index (χ0) is 13.8. The molecule has 0 aliphatic heterocycles. The number of halogens is 1. The number of anilines is 2. The van der Waals surface area contributed by atoms with Gasteiger partial charge < -0.3 is 11.1 Å². The van der Waals surface area contributed by atoms with Crippen LogP contribution in [0, 0.1) is 12.3 Å². The van der Waals surface area contributed by atoms with Gasteiger partial charge in [-0.25, -0.2) is 0 Å². The molecule has 19 heavy (non-hydrogen) atoms. The van der Waals surface area contributed by atoms with Crippen LogP contribution in [0.5, 0.6) is 0 Å². The molecule has 1 rings (SSSR count). The van der Waals surface area contributed by atoms with E-state index in [2.05, 4.69) is 26.1 Å². The molecular weight excluding hydrogens is 260 g/mol. The first-order valence-corrected chi connectivity index (χ1v) is 6.44. The molecule has 1 aromatic carbocycles. The van der Waals surface area contributed by atoms with E-state index in [0.717, 1.165) is 24.1 Å². The highest BCUT2D eigenvalue weighted by Crippen LogP contribution is 2.22. The number of nitrogens with two attached hydrogens (primary N) is 1. The minimum Gasteiger partial charge on any atom is -0.399 e. The number of aryl methyl sites for hydroxylation is 1. The molecule has 0 bridgehead atoms. The molecule has 0 aliphatic carbocycles. The standard InChI is InChI=1S/C15H24N2O.ClH/c1-11-7-8-12(16)10-13(11)17-14(18)6-5-9-15(2,3)4;/h7-8,10H,5-6,9,16H2,1-4H3,(H,17,18);1H. The molecule has 0 saturated carbocycles. The summed E-state index contributed by atoms with van der Waals surface area (Å²) in [6, 6.07) is 5.56. The third-order valence-electron chi connectivity index (χ3n) is 2.87. The number of rotatable bonds is 4. The molecule has 1 amide bonds. The summed E-state index contributed by atoms with van der Waals surface area (Å²) in [5, 5.41) is 2.92. The molecule has 0 fully saturated rings. The van der Waals surface area contributed by atoms with Gasteiger partial charge in [0.15, 0.2) is 0 Å². The molecule has 3 nitrogen and oxygen atoms in total. The first-order valence-electron chi connectivity index (χ1n) is 6.44. The highest BCUT2D eigenvalue weighted by Gasteiger charge is 2.11. The van der Waals surface area contributed by atoms with Crippen molar-refractivity contribution in [2.24, 2.45) is 5.41 Å². The summed E-state index contributed by atoms with van der Waals surface area (Å²) in [5.41, 5.74) is 8.52. The third kappa shape index (κ3) is 7.06. The van der Waals surface area contributed by atoms with E-state index < -0.39 is 0 Å². The monoisotopic (exact) mass is 284 g/mol. The number of nitrogen functional groups attached to an aromatic ring is 1. The van der Waals surface area contributed by atoms with Gasteiger partial charge in [-0.3, -0.25) is 4.79 Å². The molecule has 1 aromatic rings. The van der Waals surface area contributed by atoms with Crippen LogP contribution in [0.25, 0.3) is 0 Å². The molecule has 4 heteroatoms. The van der Waals surface area contributed by atoms with Gasteiger partial charge in [-0.05, 0) is 42.9 Å². The average molecular weight is 285 g/mol. The summed E-state index contributed by atoms with van der Waals surface area (Å²) < 4.78 is 0. The number of hydrogen-bond acceptors (Lipinski definition) is 2. The number of amides is 1. The lowest BCUT2D eigenvalue weighted by Gasteiger charge is -2.17. The van der Waals surface area contributed by atoms with E-state index >= 15 is 0 Å². The van der Waals surface area contributed by atoms with Crippen LogP contribution in [0.3, 0.4) is 0 Å². The Bertz CT molecular complexity index is 425. The fourth-order valence-corrected chi connectivity index (χ4v) is 1.77. The van der Waals surface area contributed by atoms with E-state index in [9.17, 15) is 4.79 Å². The molecule has 108 valence electrons. The van der Waals surface area contributed by atoms with E-state index in [-0.39, 0.29) is 23.7 Å². The quantitative estimate of drug-likeness (QED) is 0.816. The summed E-state index contributed by atoms with van der Waals surface area (Å²) in [7, 11) is 0. The lowest BCUT2D eigenvalue weighted by molar-refractivity contribution is -0.116. The molecule has 0 unspecified atom stereocenters. The summed E-state index contributed by atoms with van der Waals surface area (Å²) in [6.45, 7) is 8.52. The molecule has 0 saturated heterocycles. The van der Waals surface area contributed by atoms with Crippen LogP contribution in [-0.4, -0.2) is 5.91 Å². The normalized spacial score (nSPS) is 10.7. The molecular formula is C15H25ClN2O. The Kier molecular flexibility index (Phi) is 6.91. The molecule has 3 N–H and O–H groups in total. The van der Waals surface area contributed by atoms with Crippen molar-refractivity contribution in [1.29, 1.82) is 0 Å². The van der Waals surface area contributed by atoms with Crippen molar-refractivity contribution in [2.45, 2.75) is 47.0 Å². The predicted molar refractivity (Wildman–Crippen MR) is 84.8 cm³/mol. The van der Waals surface area contributed by atoms with Crippen LogP contribution in [-0.2, 0) is 4.79 Å². The molecule has 0 spiro atoms. The Hall–Kier alpha value is -1.22. The Balaban J connectivity index is 0.00000324. The summed E-state index contributed by atoms with van der Waals surface area (Å²) in [6.07, 6.45) is 2.53. The van der Waals surface area contributed by atoms with Crippen molar-refractivity contribution < 1.29 is 4.79 Å². The highest BCUT2D eigenvalue weighted by molar-refractivity contribution is 5.91. The number of benzene rings is 1. The molecule has 0 atom stereocenters. The summed E-state index contributed by atoms with van der Waals surface area (Å²) in [5.74, 6) is 0.0629. The zero-order valence-electron chi connectivity index (χ0n) is 12.2. The van der Waals surface area contributed by atoms with Crippen LogP contribution < -0.4 is 11.1 Å². The maximum absolute atomic E-state index is 11.8. The topological polar surface area (TPSA) is 55.1 Å². The minimum atomic E-state index is 0. The van der Waals surface area contributed by atoms with Crippen molar-refractivity contribution in [3.63, 3.8) is 0 Å². The van der Waals surface area contributed by atoms with Crippen molar-refractivity contribution in [2.75, 3.05) is 11.1 Å². The number of nitrogens with one attached hydrogen (secondary N) is 1. The summed E-state index contributed by atoms with van der Waals surface area (Å²) >= 11 is 0. The van der Waals surface area contributed by atoms with Crippen molar-refractivity contribution >= 4 is 29.7 Å². The second-order valence-electron chi connectivity index (χ2n) is 6.04. The van der Waals surface area contributed by atoms with Gasteiger partial charge in [-0.15, -0.1) is 12.4 Å². The number of hydrogen-bond donors (Lipinski definition) is 2. The fraction of sp³-hybridized carbons (Fsp3) is 0.533. The average Bonchev–Trinajstić information content (AvgIpc) is 2.21. The third-order valence-corrected chi connectivity index (χ3v) is 2.87. The smallest absolute Gasteiger partial charge is 0.224 e. The Morgan fingerprint density at radius 1 is 1.32 bits per heavy atom. The van der Waals surface area contributed by atoms with Gasteiger partial charge >= 0.3 is 0 Å². The van der Waals surface area contributed by atoms with Crippen molar-refractivity contribution in [3.8, 4) is 0 Å². The first-order chi connectivity index (χ1) is 8.28. The lowest BCUT2D eigenvalue weighted by Crippen LogP contribution is -2.14. The van der Waals surface area contributed by atoms with Gasteiger partial charge in [0, 0.05) is 17.8 Å². The highest BCUT2D eigenvalue weighted by atomic mass is 35.5. The molecule has 0 aromatic heterocycles. The first kappa shape index (κ1) is 17.8.